The molecule has 0 aliphatic rings. The van der Waals surface area contributed by atoms with E-state index in [0.29, 0.717) is 11.8 Å². The van der Waals surface area contributed by atoms with Gasteiger partial charge in [0.2, 0.25) is 5.88 Å². The molecule has 0 fully saturated rings. The molecule has 0 aliphatic carbocycles. The molecular formula is C14H15BrN2O. The predicted octanol–water partition coefficient (Wildman–Crippen LogP) is 4.46. The fourth-order valence-corrected chi connectivity index (χ4v) is 2.04. The third-order valence-electron chi connectivity index (χ3n) is 2.58. The van der Waals surface area contributed by atoms with E-state index in [-0.39, 0.29) is 0 Å². The van der Waals surface area contributed by atoms with Gasteiger partial charge in [0, 0.05) is 10.5 Å². The molecule has 0 saturated carbocycles. The number of hydrogen-bond donors (Lipinski definition) is 0. The van der Waals surface area contributed by atoms with Crippen molar-refractivity contribution < 1.29 is 4.74 Å². The highest BCUT2D eigenvalue weighted by molar-refractivity contribution is 9.10. The molecule has 2 aromatic rings. The number of nitrogens with zero attached hydrogens (tertiary/aromatic N) is 2. The summed E-state index contributed by atoms with van der Waals surface area (Å²) in [4.78, 5) is 0. The minimum atomic E-state index is 0.385. The molecule has 0 saturated heterocycles. The number of benzene rings is 1. The molecule has 1 aromatic carbocycles. The average molecular weight is 307 g/mol. The molecule has 0 spiro atoms. The van der Waals surface area contributed by atoms with Gasteiger partial charge in [-0.3, -0.25) is 0 Å². The summed E-state index contributed by atoms with van der Waals surface area (Å²) in [5.41, 5.74) is 2.18. The Kier molecular flexibility index (Phi) is 3.97. The van der Waals surface area contributed by atoms with Crippen LogP contribution in [0.2, 0.25) is 0 Å². The molecule has 0 amide bonds. The zero-order valence-corrected chi connectivity index (χ0v) is 12.2. The van der Waals surface area contributed by atoms with E-state index in [9.17, 15) is 0 Å². The van der Waals surface area contributed by atoms with Gasteiger partial charge in [-0.2, -0.15) is 5.10 Å². The van der Waals surface area contributed by atoms with Gasteiger partial charge in [-0.15, -0.1) is 5.10 Å². The summed E-state index contributed by atoms with van der Waals surface area (Å²) in [5.74, 6) is 1.74. The maximum atomic E-state index is 5.81. The van der Waals surface area contributed by atoms with Gasteiger partial charge >= 0.3 is 0 Å². The third kappa shape index (κ3) is 3.07. The minimum Gasteiger partial charge on any atom is -0.437 e. The summed E-state index contributed by atoms with van der Waals surface area (Å²) in [7, 11) is 0. The Morgan fingerprint density at radius 1 is 1.22 bits per heavy atom. The first-order chi connectivity index (χ1) is 8.56. The minimum absolute atomic E-state index is 0.385. The summed E-state index contributed by atoms with van der Waals surface area (Å²) >= 11 is 3.48. The largest absolute Gasteiger partial charge is 0.437 e. The summed E-state index contributed by atoms with van der Waals surface area (Å²) in [6.07, 6.45) is 1.71. The number of rotatable bonds is 3. The van der Waals surface area contributed by atoms with Crippen molar-refractivity contribution in [2.24, 2.45) is 0 Å². The van der Waals surface area contributed by atoms with Crippen LogP contribution in [-0.2, 0) is 0 Å². The first-order valence-electron chi connectivity index (χ1n) is 5.83. The van der Waals surface area contributed by atoms with Crippen LogP contribution in [0.5, 0.6) is 11.6 Å². The Morgan fingerprint density at radius 2 is 2.00 bits per heavy atom. The van der Waals surface area contributed by atoms with Crippen LogP contribution >= 0.6 is 15.9 Å². The quantitative estimate of drug-likeness (QED) is 0.839. The van der Waals surface area contributed by atoms with Crippen LogP contribution in [-0.4, -0.2) is 10.2 Å². The highest BCUT2D eigenvalue weighted by Crippen LogP contribution is 2.32. The van der Waals surface area contributed by atoms with Gasteiger partial charge in [0.15, 0.2) is 0 Å². The standard InChI is InChI=1S/C14H15BrN2O/c1-9(2)12-7-11(15)4-5-13(12)18-14-6-10(3)8-16-17-14/h4-9H,1-3H3. The highest BCUT2D eigenvalue weighted by atomic mass is 79.9. The molecule has 4 heteroatoms. The maximum absolute atomic E-state index is 5.81. The van der Waals surface area contributed by atoms with Gasteiger partial charge in [0.25, 0.3) is 0 Å². The molecule has 0 atom stereocenters. The van der Waals surface area contributed by atoms with Crippen molar-refractivity contribution in [3.05, 3.63) is 46.1 Å². The molecule has 0 N–H and O–H groups in total. The van der Waals surface area contributed by atoms with Crippen LogP contribution in [0.4, 0.5) is 0 Å². The van der Waals surface area contributed by atoms with E-state index in [1.807, 2.05) is 25.1 Å². The first-order valence-corrected chi connectivity index (χ1v) is 6.62. The molecule has 94 valence electrons. The van der Waals surface area contributed by atoms with Crippen molar-refractivity contribution in [3.63, 3.8) is 0 Å². The second-order valence-electron chi connectivity index (χ2n) is 4.51. The molecule has 3 nitrogen and oxygen atoms in total. The predicted molar refractivity (Wildman–Crippen MR) is 75.1 cm³/mol. The Morgan fingerprint density at radius 3 is 2.67 bits per heavy atom. The Labute approximate surface area is 115 Å². The number of hydrogen-bond acceptors (Lipinski definition) is 3. The van der Waals surface area contributed by atoms with Gasteiger partial charge in [-0.25, -0.2) is 0 Å². The molecule has 1 aromatic heterocycles. The monoisotopic (exact) mass is 306 g/mol. The number of ether oxygens (including phenoxy) is 1. The van der Waals surface area contributed by atoms with Gasteiger partial charge < -0.3 is 4.74 Å². The third-order valence-corrected chi connectivity index (χ3v) is 3.07. The average Bonchev–Trinajstić information content (AvgIpc) is 2.31. The van der Waals surface area contributed by atoms with Gasteiger partial charge in [0.1, 0.15) is 5.75 Å². The lowest BCUT2D eigenvalue weighted by Crippen LogP contribution is -1.96. The summed E-state index contributed by atoms with van der Waals surface area (Å²) < 4.78 is 6.86. The van der Waals surface area contributed by atoms with Gasteiger partial charge in [-0.1, -0.05) is 29.8 Å². The van der Waals surface area contributed by atoms with Crippen molar-refractivity contribution in [1.82, 2.24) is 10.2 Å². The van der Waals surface area contributed by atoms with Crippen molar-refractivity contribution in [1.29, 1.82) is 0 Å². The van der Waals surface area contributed by atoms with Crippen LogP contribution in [0.3, 0.4) is 0 Å². The Hall–Kier alpha value is -1.42. The molecule has 1 heterocycles. The maximum Gasteiger partial charge on any atom is 0.239 e. The van der Waals surface area contributed by atoms with Gasteiger partial charge in [-0.05, 0) is 42.2 Å². The van der Waals surface area contributed by atoms with E-state index in [4.69, 9.17) is 4.74 Å². The molecule has 2 rings (SSSR count). The Bertz CT molecular complexity index is 555. The molecule has 0 radical (unpaired) electrons. The number of halogens is 1. The van der Waals surface area contributed by atoms with Crippen molar-refractivity contribution in [3.8, 4) is 11.6 Å². The van der Waals surface area contributed by atoms with E-state index < -0.39 is 0 Å². The number of aryl methyl sites for hydroxylation is 1. The van der Waals surface area contributed by atoms with E-state index in [1.165, 1.54) is 0 Å². The number of aromatic nitrogens is 2. The SMILES string of the molecule is Cc1cnnc(Oc2ccc(Br)cc2C(C)C)c1. The lowest BCUT2D eigenvalue weighted by Gasteiger charge is -2.13. The zero-order chi connectivity index (χ0) is 13.1. The first kappa shape index (κ1) is 13.0. The van der Waals surface area contributed by atoms with E-state index in [2.05, 4.69) is 46.0 Å². The topological polar surface area (TPSA) is 35.0 Å². The normalized spacial score (nSPS) is 10.7. The molecule has 0 bridgehead atoms. The van der Waals surface area contributed by atoms with Crippen molar-refractivity contribution in [2.75, 3.05) is 0 Å². The molecule has 0 aliphatic heterocycles. The second kappa shape index (κ2) is 5.48. The van der Waals surface area contributed by atoms with E-state index in [1.54, 1.807) is 6.20 Å². The van der Waals surface area contributed by atoms with E-state index in [0.717, 1.165) is 21.3 Å². The van der Waals surface area contributed by atoms with Gasteiger partial charge in [0.05, 0.1) is 6.20 Å². The lowest BCUT2D eigenvalue weighted by atomic mass is 10.0. The fraction of sp³-hybridized carbons (Fsp3) is 0.286. The van der Waals surface area contributed by atoms with E-state index >= 15 is 0 Å². The van der Waals surface area contributed by atoms with Crippen LogP contribution in [0, 0.1) is 6.92 Å². The fourth-order valence-electron chi connectivity index (χ4n) is 1.66. The molecule has 18 heavy (non-hydrogen) atoms. The lowest BCUT2D eigenvalue weighted by molar-refractivity contribution is 0.446. The van der Waals surface area contributed by atoms with Crippen molar-refractivity contribution in [2.45, 2.75) is 26.7 Å². The Balaban J connectivity index is 2.34. The zero-order valence-electron chi connectivity index (χ0n) is 10.6. The highest BCUT2D eigenvalue weighted by Gasteiger charge is 2.10. The molecular weight excluding hydrogens is 292 g/mol. The van der Waals surface area contributed by atoms with Crippen molar-refractivity contribution >= 4 is 15.9 Å². The summed E-state index contributed by atoms with van der Waals surface area (Å²) in [6, 6.07) is 7.86. The molecule has 0 unspecified atom stereocenters. The van der Waals surface area contributed by atoms with Crippen LogP contribution in [0.1, 0.15) is 30.9 Å². The summed E-state index contributed by atoms with van der Waals surface area (Å²) in [5, 5.41) is 7.86. The summed E-state index contributed by atoms with van der Waals surface area (Å²) in [6.45, 7) is 6.24. The van der Waals surface area contributed by atoms with Crippen LogP contribution in [0.25, 0.3) is 0 Å². The second-order valence-corrected chi connectivity index (χ2v) is 5.43. The van der Waals surface area contributed by atoms with Crippen LogP contribution < -0.4 is 4.74 Å². The van der Waals surface area contributed by atoms with Crippen LogP contribution in [0.15, 0.2) is 34.9 Å². The smallest absolute Gasteiger partial charge is 0.239 e.